The Bertz CT molecular complexity index is 1120. The molecule has 4 rings (SSSR count). The first-order valence-corrected chi connectivity index (χ1v) is 10.5. The minimum absolute atomic E-state index is 0.193. The monoisotopic (exact) mass is 420 g/mol. The van der Waals surface area contributed by atoms with Gasteiger partial charge in [0, 0.05) is 5.56 Å². The molecule has 4 aromatic rings. The minimum atomic E-state index is -0.445. The van der Waals surface area contributed by atoms with E-state index in [1.54, 1.807) is 6.21 Å². The summed E-state index contributed by atoms with van der Waals surface area (Å²) in [5, 5.41) is 4.22. The van der Waals surface area contributed by atoms with Gasteiger partial charge in [-0.2, -0.15) is 5.10 Å². The van der Waals surface area contributed by atoms with Gasteiger partial charge in [0.2, 0.25) is 0 Å². The van der Waals surface area contributed by atoms with Gasteiger partial charge in [-0.05, 0) is 28.8 Å². The van der Waals surface area contributed by atoms with Gasteiger partial charge in [-0.1, -0.05) is 103 Å². The quantitative estimate of drug-likeness (QED) is 0.300. The van der Waals surface area contributed by atoms with Gasteiger partial charge < -0.3 is 4.74 Å². The van der Waals surface area contributed by atoms with Crippen LogP contribution in [0.15, 0.2) is 120 Å². The molecule has 0 atom stereocenters. The Kier molecular flexibility index (Phi) is 7.06. The lowest BCUT2D eigenvalue weighted by Gasteiger charge is -2.16. The van der Waals surface area contributed by atoms with Crippen molar-refractivity contribution in [2.75, 3.05) is 0 Å². The molecule has 158 valence electrons. The Labute approximate surface area is 188 Å². The predicted molar refractivity (Wildman–Crippen MR) is 128 cm³/mol. The number of nitrogens with one attached hydrogen (secondary N) is 1. The number of rotatable bonds is 8. The molecule has 0 aromatic heterocycles. The fourth-order valence-corrected chi connectivity index (χ4v) is 3.47. The summed E-state index contributed by atoms with van der Waals surface area (Å²) >= 11 is 0. The lowest BCUT2D eigenvalue weighted by atomic mass is 9.91. The van der Waals surface area contributed by atoms with Crippen molar-refractivity contribution >= 4 is 12.1 Å². The SMILES string of the molecule is O=C(N/N=C/c1ccccc1OCc1ccccc1)C(c1ccccc1)c1ccccc1. The highest BCUT2D eigenvalue weighted by Crippen LogP contribution is 2.24. The largest absolute Gasteiger partial charge is 0.488 e. The molecule has 0 aliphatic carbocycles. The molecule has 0 bridgehead atoms. The van der Waals surface area contributed by atoms with Crippen LogP contribution in [0.5, 0.6) is 5.75 Å². The van der Waals surface area contributed by atoms with Gasteiger partial charge in [-0.3, -0.25) is 4.79 Å². The summed E-state index contributed by atoms with van der Waals surface area (Å²) < 4.78 is 5.96. The first kappa shape index (κ1) is 21.1. The van der Waals surface area contributed by atoms with Crippen molar-refractivity contribution in [2.45, 2.75) is 12.5 Å². The van der Waals surface area contributed by atoms with Crippen LogP contribution in [0.1, 0.15) is 28.2 Å². The highest BCUT2D eigenvalue weighted by molar-refractivity contribution is 5.89. The van der Waals surface area contributed by atoms with E-state index >= 15 is 0 Å². The lowest BCUT2D eigenvalue weighted by Crippen LogP contribution is -2.26. The smallest absolute Gasteiger partial charge is 0.252 e. The van der Waals surface area contributed by atoms with Crippen LogP contribution >= 0.6 is 0 Å². The van der Waals surface area contributed by atoms with Crippen molar-refractivity contribution in [1.29, 1.82) is 0 Å². The molecule has 1 N–H and O–H groups in total. The van der Waals surface area contributed by atoms with Crippen molar-refractivity contribution in [1.82, 2.24) is 5.43 Å². The number of hydrogen-bond donors (Lipinski definition) is 1. The number of ether oxygens (including phenoxy) is 1. The summed E-state index contributed by atoms with van der Waals surface area (Å²) in [6.45, 7) is 0.460. The Morgan fingerprint density at radius 2 is 1.28 bits per heavy atom. The zero-order valence-electron chi connectivity index (χ0n) is 17.6. The second kappa shape index (κ2) is 10.7. The molecule has 0 heterocycles. The molecule has 1 amide bonds. The van der Waals surface area contributed by atoms with Crippen LogP contribution in [0.3, 0.4) is 0 Å². The summed E-state index contributed by atoms with van der Waals surface area (Å²) in [6.07, 6.45) is 1.62. The van der Waals surface area contributed by atoms with Gasteiger partial charge in [-0.25, -0.2) is 5.43 Å². The highest BCUT2D eigenvalue weighted by atomic mass is 16.5. The number of para-hydroxylation sites is 1. The molecule has 0 radical (unpaired) electrons. The Morgan fingerprint density at radius 1 is 0.750 bits per heavy atom. The van der Waals surface area contributed by atoms with Crippen molar-refractivity contribution in [3.05, 3.63) is 138 Å². The first-order chi connectivity index (χ1) is 15.8. The van der Waals surface area contributed by atoms with Gasteiger partial charge in [0.1, 0.15) is 12.4 Å². The first-order valence-electron chi connectivity index (χ1n) is 10.5. The highest BCUT2D eigenvalue weighted by Gasteiger charge is 2.22. The van der Waals surface area contributed by atoms with Gasteiger partial charge in [0.25, 0.3) is 5.91 Å². The molecule has 0 aliphatic rings. The maximum Gasteiger partial charge on any atom is 0.252 e. The standard InChI is InChI=1S/C28H24N2O2/c31-28(27(23-14-6-2-7-15-23)24-16-8-3-9-17-24)30-29-20-25-18-10-11-19-26(25)32-21-22-12-4-1-5-13-22/h1-20,27H,21H2,(H,30,31)/b29-20+. The van der Waals surface area contributed by atoms with Gasteiger partial charge in [0.15, 0.2) is 0 Å². The number of carbonyl (C=O) groups excluding carboxylic acids is 1. The molecule has 0 saturated heterocycles. The lowest BCUT2D eigenvalue weighted by molar-refractivity contribution is -0.121. The minimum Gasteiger partial charge on any atom is -0.488 e. The van der Waals surface area contributed by atoms with E-state index in [2.05, 4.69) is 10.5 Å². The number of hydrazone groups is 1. The zero-order chi connectivity index (χ0) is 22.0. The third-order valence-corrected chi connectivity index (χ3v) is 5.06. The average molecular weight is 421 g/mol. The van der Waals surface area contributed by atoms with E-state index < -0.39 is 5.92 Å². The molecule has 0 saturated carbocycles. The molecule has 4 aromatic carbocycles. The number of nitrogens with zero attached hydrogens (tertiary/aromatic N) is 1. The van der Waals surface area contributed by atoms with Crippen LogP contribution in [0, 0.1) is 0 Å². The van der Waals surface area contributed by atoms with E-state index in [9.17, 15) is 4.79 Å². The van der Waals surface area contributed by atoms with Crippen molar-refractivity contribution in [3.63, 3.8) is 0 Å². The Balaban J connectivity index is 1.47. The van der Waals surface area contributed by atoms with Crippen LogP contribution in [0.4, 0.5) is 0 Å². The molecular weight excluding hydrogens is 396 g/mol. The van der Waals surface area contributed by atoms with E-state index in [0.717, 1.165) is 22.3 Å². The van der Waals surface area contributed by atoms with Gasteiger partial charge in [0.05, 0.1) is 12.1 Å². The average Bonchev–Trinajstić information content (AvgIpc) is 2.85. The van der Waals surface area contributed by atoms with E-state index in [-0.39, 0.29) is 5.91 Å². The number of hydrogen-bond acceptors (Lipinski definition) is 3. The summed E-state index contributed by atoms with van der Waals surface area (Å²) in [5.41, 5.74) is 6.41. The predicted octanol–water partition coefficient (Wildman–Crippen LogP) is 5.55. The number of carbonyl (C=O) groups is 1. The number of benzene rings is 4. The summed E-state index contributed by atoms with van der Waals surface area (Å²) in [5.74, 6) is 0.0671. The van der Waals surface area contributed by atoms with Crippen LogP contribution in [0.2, 0.25) is 0 Å². The van der Waals surface area contributed by atoms with Crippen LogP contribution in [-0.2, 0) is 11.4 Å². The van der Waals surface area contributed by atoms with Crippen LogP contribution in [-0.4, -0.2) is 12.1 Å². The topological polar surface area (TPSA) is 50.7 Å². The normalized spacial score (nSPS) is 10.9. The fraction of sp³-hybridized carbons (Fsp3) is 0.0714. The third kappa shape index (κ3) is 5.49. The maximum absolute atomic E-state index is 13.1. The molecule has 0 aliphatic heterocycles. The van der Waals surface area contributed by atoms with Crippen LogP contribution in [0.25, 0.3) is 0 Å². The van der Waals surface area contributed by atoms with Gasteiger partial charge in [-0.15, -0.1) is 0 Å². The van der Waals surface area contributed by atoms with Crippen molar-refractivity contribution in [3.8, 4) is 5.75 Å². The van der Waals surface area contributed by atoms with Crippen LogP contribution < -0.4 is 10.2 Å². The van der Waals surface area contributed by atoms with E-state index in [0.29, 0.717) is 12.4 Å². The Hall–Kier alpha value is -4.18. The maximum atomic E-state index is 13.1. The number of amides is 1. The molecular formula is C28H24N2O2. The molecule has 0 unspecified atom stereocenters. The Morgan fingerprint density at radius 3 is 1.91 bits per heavy atom. The van der Waals surface area contributed by atoms with E-state index in [1.807, 2.05) is 115 Å². The van der Waals surface area contributed by atoms with E-state index in [4.69, 9.17) is 4.74 Å². The van der Waals surface area contributed by atoms with E-state index in [1.165, 1.54) is 0 Å². The summed E-state index contributed by atoms with van der Waals surface area (Å²) in [4.78, 5) is 13.1. The zero-order valence-corrected chi connectivity index (χ0v) is 17.6. The molecule has 32 heavy (non-hydrogen) atoms. The van der Waals surface area contributed by atoms with Gasteiger partial charge >= 0.3 is 0 Å². The second-order valence-corrected chi connectivity index (χ2v) is 7.30. The fourth-order valence-electron chi connectivity index (χ4n) is 3.47. The molecule has 4 nitrogen and oxygen atoms in total. The third-order valence-electron chi connectivity index (χ3n) is 5.06. The second-order valence-electron chi connectivity index (χ2n) is 7.30. The van der Waals surface area contributed by atoms with Crippen molar-refractivity contribution < 1.29 is 9.53 Å². The molecule has 4 heteroatoms. The molecule has 0 spiro atoms. The summed E-state index contributed by atoms with van der Waals surface area (Å²) in [7, 11) is 0. The summed E-state index contributed by atoms with van der Waals surface area (Å²) in [6, 6.07) is 37.0. The van der Waals surface area contributed by atoms with Crippen molar-refractivity contribution in [2.24, 2.45) is 5.10 Å². The molecule has 0 fully saturated rings.